The summed E-state index contributed by atoms with van der Waals surface area (Å²) in [6.45, 7) is 4.38. The minimum Gasteiger partial charge on any atom is -0.497 e. The number of ether oxygens (including phenoxy) is 1. The molecule has 1 aromatic heterocycles. The molecule has 108 valence electrons. The van der Waals surface area contributed by atoms with Gasteiger partial charge in [-0.25, -0.2) is 0 Å². The molecule has 0 atom stereocenters. The fourth-order valence-corrected chi connectivity index (χ4v) is 2.95. The Balaban J connectivity index is 2.27. The first-order chi connectivity index (χ1) is 10.1. The second-order valence-electron chi connectivity index (χ2n) is 5.43. The van der Waals surface area contributed by atoms with Crippen molar-refractivity contribution in [3.8, 4) is 17.0 Å². The van der Waals surface area contributed by atoms with Gasteiger partial charge in [-0.2, -0.15) is 0 Å². The highest BCUT2D eigenvalue weighted by atomic mass is 35.5. The third-order valence-corrected chi connectivity index (χ3v) is 3.92. The number of hydrogen-bond donors (Lipinski definition) is 0. The predicted molar refractivity (Wildman–Crippen MR) is 89.3 cm³/mol. The Hall–Kier alpha value is -1.93. The molecular formula is C18H18ClNO. The number of aromatic nitrogens is 1. The highest BCUT2D eigenvalue weighted by molar-refractivity contribution is 6.31. The number of benzene rings is 2. The van der Waals surface area contributed by atoms with E-state index in [0.29, 0.717) is 6.04 Å². The average molecular weight is 300 g/mol. The lowest BCUT2D eigenvalue weighted by Gasteiger charge is -2.15. The van der Waals surface area contributed by atoms with Crippen LogP contribution in [0.15, 0.2) is 48.5 Å². The number of nitrogens with zero attached hydrogens (tertiary/aromatic N) is 1. The Kier molecular flexibility index (Phi) is 3.64. The molecule has 0 amide bonds. The minimum atomic E-state index is 0.366. The summed E-state index contributed by atoms with van der Waals surface area (Å²) < 4.78 is 7.67. The van der Waals surface area contributed by atoms with Gasteiger partial charge in [-0.05, 0) is 50.2 Å². The number of rotatable bonds is 3. The van der Waals surface area contributed by atoms with Crippen LogP contribution in [0, 0.1) is 0 Å². The summed E-state index contributed by atoms with van der Waals surface area (Å²) in [6.07, 6.45) is 0. The van der Waals surface area contributed by atoms with Crippen LogP contribution >= 0.6 is 11.6 Å². The van der Waals surface area contributed by atoms with E-state index in [1.807, 2.05) is 24.3 Å². The van der Waals surface area contributed by atoms with Crippen LogP contribution in [0.5, 0.6) is 5.75 Å². The highest BCUT2D eigenvalue weighted by Crippen LogP contribution is 2.33. The molecule has 1 heterocycles. The lowest BCUT2D eigenvalue weighted by atomic mass is 10.1. The molecule has 0 aliphatic carbocycles. The summed E-state index contributed by atoms with van der Waals surface area (Å²) in [7, 11) is 1.69. The van der Waals surface area contributed by atoms with Gasteiger partial charge in [-0.1, -0.05) is 23.7 Å². The highest BCUT2D eigenvalue weighted by Gasteiger charge is 2.13. The van der Waals surface area contributed by atoms with Gasteiger partial charge in [0.2, 0.25) is 0 Å². The number of fused-ring (bicyclic) bond motifs is 1. The maximum absolute atomic E-state index is 6.12. The minimum absolute atomic E-state index is 0.366. The van der Waals surface area contributed by atoms with Gasteiger partial charge < -0.3 is 9.30 Å². The number of hydrogen-bond acceptors (Lipinski definition) is 1. The Morgan fingerprint density at radius 1 is 1.05 bits per heavy atom. The van der Waals surface area contributed by atoms with Crippen molar-refractivity contribution in [1.82, 2.24) is 4.57 Å². The molecule has 21 heavy (non-hydrogen) atoms. The summed E-state index contributed by atoms with van der Waals surface area (Å²) in [6, 6.07) is 16.7. The first-order valence-corrected chi connectivity index (χ1v) is 7.43. The Bertz CT molecular complexity index is 789. The zero-order chi connectivity index (χ0) is 15.0. The molecule has 0 saturated carbocycles. The van der Waals surface area contributed by atoms with Crippen LogP contribution in [0.4, 0.5) is 0 Å². The molecule has 0 unspecified atom stereocenters. The van der Waals surface area contributed by atoms with Crippen LogP contribution in [-0.4, -0.2) is 11.7 Å². The quantitative estimate of drug-likeness (QED) is 0.618. The molecule has 0 spiro atoms. The number of halogens is 1. The molecule has 2 nitrogen and oxygen atoms in total. The van der Waals surface area contributed by atoms with Crippen molar-refractivity contribution in [2.75, 3.05) is 7.11 Å². The van der Waals surface area contributed by atoms with Gasteiger partial charge in [0.25, 0.3) is 0 Å². The van der Waals surface area contributed by atoms with E-state index >= 15 is 0 Å². The molecule has 0 N–H and O–H groups in total. The van der Waals surface area contributed by atoms with Crippen molar-refractivity contribution >= 4 is 22.5 Å². The average Bonchev–Trinajstić information content (AvgIpc) is 2.85. The van der Waals surface area contributed by atoms with Crippen molar-refractivity contribution in [2.45, 2.75) is 19.9 Å². The van der Waals surface area contributed by atoms with E-state index in [1.54, 1.807) is 7.11 Å². The van der Waals surface area contributed by atoms with Gasteiger partial charge >= 0.3 is 0 Å². The second-order valence-corrected chi connectivity index (χ2v) is 5.86. The molecule has 3 rings (SSSR count). The van der Waals surface area contributed by atoms with Crippen molar-refractivity contribution in [3.63, 3.8) is 0 Å². The molecule has 3 heteroatoms. The van der Waals surface area contributed by atoms with Crippen molar-refractivity contribution in [1.29, 1.82) is 0 Å². The first kappa shape index (κ1) is 14.0. The van der Waals surface area contributed by atoms with Crippen LogP contribution in [-0.2, 0) is 0 Å². The SMILES string of the molecule is COc1cccc(-c2cc3cc(Cl)ccc3n2C(C)C)c1. The van der Waals surface area contributed by atoms with Crippen LogP contribution in [0.1, 0.15) is 19.9 Å². The maximum Gasteiger partial charge on any atom is 0.119 e. The predicted octanol–water partition coefficient (Wildman–Crippen LogP) is 5.55. The fourth-order valence-electron chi connectivity index (χ4n) is 2.77. The van der Waals surface area contributed by atoms with E-state index in [0.717, 1.165) is 21.7 Å². The van der Waals surface area contributed by atoms with Gasteiger partial charge in [0.05, 0.1) is 7.11 Å². The normalized spacial score (nSPS) is 11.3. The van der Waals surface area contributed by atoms with Crippen molar-refractivity contribution in [3.05, 3.63) is 53.6 Å². The largest absolute Gasteiger partial charge is 0.497 e. The van der Waals surface area contributed by atoms with E-state index in [1.165, 1.54) is 11.2 Å². The molecule has 0 saturated heterocycles. The van der Waals surface area contributed by atoms with Gasteiger partial charge in [0, 0.05) is 33.2 Å². The molecule has 0 aliphatic heterocycles. The molecule has 0 radical (unpaired) electrons. The Morgan fingerprint density at radius 3 is 2.57 bits per heavy atom. The van der Waals surface area contributed by atoms with Crippen molar-refractivity contribution in [2.24, 2.45) is 0 Å². The Morgan fingerprint density at radius 2 is 1.86 bits per heavy atom. The number of methoxy groups -OCH3 is 1. The molecule has 3 aromatic rings. The first-order valence-electron chi connectivity index (χ1n) is 7.05. The van der Waals surface area contributed by atoms with Gasteiger partial charge in [0.15, 0.2) is 0 Å². The zero-order valence-electron chi connectivity index (χ0n) is 12.4. The monoisotopic (exact) mass is 299 g/mol. The van der Waals surface area contributed by atoms with E-state index < -0.39 is 0 Å². The van der Waals surface area contributed by atoms with E-state index in [4.69, 9.17) is 16.3 Å². The van der Waals surface area contributed by atoms with Crippen molar-refractivity contribution < 1.29 is 4.74 Å². The maximum atomic E-state index is 6.12. The fraction of sp³-hybridized carbons (Fsp3) is 0.222. The lowest BCUT2D eigenvalue weighted by Crippen LogP contribution is -2.02. The third-order valence-electron chi connectivity index (χ3n) is 3.68. The summed E-state index contributed by atoms with van der Waals surface area (Å²) >= 11 is 6.12. The summed E-state index contributed by atoms with van der Waals surface area (Å²) in [4.78, 5) is 0. The summed E-state index contributed by atoms with van der Waals surface area (Å²) in [5.74, 6) is 0.867. The molecular weight excluding hydrogens is 282 g/mol. The van der Waals surface area contributed by atoms with E-state index in [9.17, 15) is 0 Å². The molecule has 0 aliphatic rings. The molecule has 2 aromatic carbocycles. The van der Waals surface area contributed by atoms with Crippen LogP contribution < -0.4 is 4.74 Å². The third kappa shape index (κ3) is 2.52. The lowest BCUT2D eigenvalue weighted by molar-refractivity contribution is 0.415. The smallest absolute Gasteiger partial charge is 0.119 e. The topological polar surface area (TPSA) is 14.2 Å². The zero-order valence-corrected chi connectivity index (χ0v) is 13.2. The van der Waals surface area contributed by atoms with Crippen LogP contribution in [0.3, 0.4) is 0 Å². The van der Waals surface area contributed by atoms with Gasteiger partial charge in [0.1, 0.15) is 5.75 Å². The molecule has 0 fully saturated rings. The summed E-state index contributed by atoms with van der Waals surface area (Å²) in [5, 5.41) is 1.93. The summed E-state index contributed by atoms with van der Waals surface area (Å²) in [5.41, 5.74) is 3.53. The van der Waals surface area contributed by atoms with E-state index in [-0.39, 0.29) is 0 Å². The Labute approximate surface area is 129 Å². The standard InChI is InChI=1S/C18H18ClNO/c1-12(2)20-17-8-7-15(19)9-14(17)11-18(20)13-5-4-6-16(10-13)21-3/h4-12H,1-3H3. The van der Waals surface area contributed by atoms with Crippen LogP contribution in [0.25, 0.3) is 22.2 Å². The molecule has 0 bridgehead atoms. The van der Waals surface area contributed by atoms with Gasteiger partial charge in [-0.3, -0.25) is 0 Å². The van der Waals surface area contributed by atoms with Gasteiger partial charge in [-0.15, -0.1) is 0 Å². The second kappa shape index (κ2) is 5.45. The van der Waals surface area contributed by atoms with Crippen LogP contribution in [0.2, 0.25) is 5.02 Å². The van der Waals surface area contributed by atoms with E-state index in [2.05, 4.69) is 42.7 Å².